The molecule has 0 spiro atoms. The van der Waals surface area contributed by atoms with Gasteiger partial charge >= 0.3 is 0 Å². The molecule has 3 nitrogen and oxygen atoms in total. The van der Waals surface area contributed by atoms with E-state index in [9.17, 15) is 0 Å². The van der Waals surface area contributed by atoms with Gasteiger partial charge < -0.3 is 4.90 Å². The molecule has 0 aliphatic carbocycles. The van der Waals surface area contributed by atoms with Gasteiger partial charge in [-0.05, 0) is 44.0 Å². The highest BCUT2D eigenvalue weighted by molar-refractivity contribution is 9.10. The minimum atomic E-state index is 0.247. The smallest absolute Gasteiger partial charge is 0.0669 e. The van der Waals surface area contributed by atoms with Gasteiger partial charge in [0.2, 0.25) is 0 Å². The van der Waals surface area contributed by atoms with E-state index in [-0.39, 0.29) is 5.92 Å². The fourth-order valence-corrected chi connectivity index (χ4v) is 3.77. The van der Waals surface area contributed by atoms with E-state index in [1.54, 1.807) is 0 Å². The van der Waals surface area contributed by atoms with Gasteiger partial charge in [-0.1, -0.05) is 22.0 Å². The SMILES string of the molecule is N#CC1CCN(C2CCCN(c3cccc(Br)c3)C2)C1. The maximum absolute atomic E-state index is 9.05. The van der Waals surface area contributed by atoms with Gasteiger partial charge in [0.25, 0.3) is 0 Å². The molecule has 0 N–H and O–H groups in total. The van der Waals surface area contributed by atoms with Gasteiger partial charge in [0.1, 0.15) is 0 Å². The lowest BCUT2D eigenvalue weighted by Crippen LogP contribution is -2.47. The molecular weight excluding hydrogens is 314 g/mol. The molecule has 0 radical (unpaired) electrons. The van der Waals surface area contributed by atoms with Gasteiger partial charge in [-0.25, -0.2) is 0 Å². The van der Waals surface area contributed by atoms with Gasteiger partial charge in [-0.2, -0.15) is 5.26 Å². The van der Waals surface area contributed by atoms with Gasteiger partial charge in [0.15, 0.2) is 0 Å². The molecule has 0 aromatic heterocycles. The van der Waals surface area contributed by atoms with Crippen molar-refractivity contribution in [2.24, 2.45) is 5.92 Å². The molecule has 1 aromatic rings. The highest BCUT2D eigenvalue weighted by Crippen LogP contribution is 2.27. The molecule has 0 bridgehead atoms. The number of hydrogen-bond donors (Lipinski definition) is 0. The van der Waals surface area contributed by atoms with Crippen LogP contribution in [-0.2, 0) is 0 Å². The van der Waals surface area contributed by atoms with Crippen molar-refractivity contribution >= 4 is 21.6 Å². The maximum Gasteiger partial charge on any atom is 0.0669 e. The first-order valence-electron chi connectivity index (χ1n) is 7.40. The van der Waals surface area contributed by atoms with Crippen LogP contribution in [0.5, 0.6) is 0 Å². The highest BCUT2D eigenvalue weighted by Gasteiger charge is 2.31. The van der Waals surface area contributed by atoms with Crippen molar-refractivity contribution in [3.05, 3.63) is 28.7 Å². The van der Waals surface area contributed by atoms with Crippen molar-refractivity contribution in [3.8, 4) is 6.07 Å². The quantitative estimate of drug-likeness (QED) is 0.832. The van der Waals surface area contributed by atoms with Crippen molar-refractivity contribution in [1.82, 2.24) is 4.90 Å². The Kier molecular flexibility index (Phi) is 4.28. The Morgan fingerprint density at radius 2 is 2.10 bits per heavy atom. The van der Waals surface area contributed by atoms with Crippen LogP contribution < -0.4 is 4.90 Å². The summed E-state index contributed by atoms with van der Waals surface area (Å²) in [5.74, 6) is 0.247. The Hall–Kier alpha value is -1.05. The molecule has 2 saturated heterocycles. The van der Waals surface area contributed by atoms with E-state index >= 15 is 0 Å². The minimum Gasteiger partial charge on any atom is -0.370 e. The summed E-state index contributed by atoms with van der Waals surface area (Å²) in [7, 11) is 0. The molecule has 2 atom stereocenters. The van der Waals surface area contributed by atoms with Crippen molar-refractivity contribution in [2.75, 3.05) is 31.1 Å². The van der Waals surface area contributed by atoms with Gasteiger partial charge in [-0.3, -0.25) is 4.90 Å². The molecule has 2 aliphatic heterocycles. The second-order valence-corrected chi connectivity index (χ2v) is 6.75. The second kappa shape index (κ2) is 6.15. The Labute approximate surface area is 129 Å². The first kappa shape index (κ1) is 13.9. The Bertz CT molecular complexity index is 511. The van der Waals surface area contributed by atoms with E-state index in [0.29, 0.717) is 6.04 Å². The fourth-order valence-electron chi connectivity index (χ4n) is 3.38. The molecule has 2 fully saturated rings. The molecule has 106 valence electrons. The van der Waals surface area contributed by atoms with Crippen LogP contribution in [0.15, 0.2) is 28.7 Å². The summed E-state index contributed by atoms with van der Waals surface area (Å²) in [6.07, 6.45) is 3.55. The van der Waals surface area contributed by atoms with E-state index in [4.69, 9.17) is 5.26 Å². The predicted octanol–water partition coefficient (Wildman–Crippen LogP) is 3.26. The number of anilines is 1. The van der Waals surface area contributed by atoms with Crippen molar-refractivity contribution in [2.45, 2.75) is 25.3 Å². The van der Waals surface area contributed by atoms with E-state index in [2.05, 4.69) is 56.1 Å². The average Bonchev–Trinajstić information content (AvgIpc) is 2.96. The van der Waals surface area contributed by atoms with Gasteiger partial charge in [0.05, 0.1) is 12.0 Å². The Morgan fingerprint density at radius 3 is 2.85 bits per heavy atom. The Morgan fingerprint density at radius 1 is 1.20 bits per heavy atom. The monoisotopic (exact) mass is 333 g/mol. The summed E-state index contributed by atoms with van der Waals surface area (Å²) in [4.78, 5) is 5.01. The third kappa shape index (κ3) is 2.99. The van der Waals surface area contributed by atoms with Gasteiger partial charge in [-0.15, -0.1) is 0 Å². The average molecular weight is 334 g/mol. The lowest BCUT2D eigenvalue weighted by Gasteiger charge is -2.39. The molecule has 2 unspecified atom stereocenters. The van der Waals surface area contributed by atoms with Crippen LogP contribution in [0.1, 0.15) is 19.3 Å². The van der Waals surface area contributed by atoms with Gasteiger partial charge in [0, 0.05) is 35.8 Å². The zero-order valence-corrected chi connectivity index (χ0v) is 13.2. The summed E-state index contributed by atoms with van der Waals surface area (Å²) < 4.78 is 1.14. The predicted molar refractivity (Wildman–Crippen MR) is 84.7 cm³/mol. The largest absolute Gasteiger partial charge is 0.370 e. The van der Waals surface area contributed by atoms with Crippen LogP contribution >= 0.6 is 15.9 Å². The molecule has 0 saturated carbocycles. The lowest BCUT2D eigenvalue weighted by atomic mass is 10.0. The van der Waals surface area contributed by atoms with Crippen LogP contribution in [0.2, 0.25) is 0 Å². The number of hydrogen-bond acceptors (Lipinski definition) is 3. The summed E-state index contributed by atoms with van der Waals surface area (Å²) >= 11 is 3.55. The van der Waals surface area contributed by atoms with Crippen LogP contribution in [-0.4, -0.2) is 37.1 Å². The number of nitrogens with zero attached hydrogens (tertiary/aromatic N) is 3. The van der Waals surface area contributed by atoms with E-state index in [0.717, 1.165) is 37.1 Å². The zero-order chi connectivity index (χ0) is 13.9. The topological polar surface area (TPSA) is 30.3 Å². The van der Waals surface area contributed by atoms with E-state index in [1.807, 2.05) is 0 Å². The first-order chi connectivity index (χ1) is 9.76. The minimum absolute atomic E-state index is 0.247. The number of rotatable bonds is 2. The third-order valence-corrected chi connectivity index (χ3v) is 4.98. The van der Waals surface area contributed by atoms with E-state index < -0.39 is 0 Å². The number of halogens is 1. The van der Waals surface area contributed by atoms with Crippen molar-refractivity contribution < 1.29 is 0 Å². The summed E-state index contributed by atoms with van der Waals surface area (Å²) in [6, 6.07) is 11.6. The molecule has 20 heavy (non-hydrogen) atoms. The molecule has 0 amide bonds. The van der Waals surface area contributed by atoms with E-state index in [1.165, 1.54) is 18.5 Å². The highest BCUT2D eigenvalue weighted by atomic mass is 79.9. The van der Waals surface area contributed by atoms with Crippen LogP contribution in [0, 0.1) is 17.2 Å². The molecule has 2 aliphatic rings. The molecular formula is C16H20BrN3. The van der Waals surface area contributed by atoms with Crippen molar-refractivity contribution in [1.29, 1.82) is 5.26 Å². The number of piperidine rings is 1. The van der Waals surface area contributed by atoms with Crippen LogP contribution in [0.25, 0.3) is 0 Å². The molecule has 4 heteroatoms. The normalized spacial score (nSPS) is 27.5. The van der Waals surface area contributed by atoms with Crippen molar-refractivity contribution in [3.63, 3.8) is 0 Å². The third-order valence-electron chi connectivity index (χ3n) is 4.49. The fraction of sp³-hybridized carbons (Fsp3) is 0.562. The molecule has 3 rings (SSSR count). The second-order valence-electron chi connectivity index (χ2n) is 5.83. The summed E-state index contributed by atoms with van der Waals surface area (Å²) in [5.41, 5.74) is 1.31. The zero-order valence-electron chi connectivity index (χ0n) is 11.6. The number of likely N-dealkylation sites (tertiary alicyclic amines) is 1. The summed E-state index contributed by atoms with van der Waals surface area (Å²) in [6.45, 7) is 4.29. The number of nitriles is 1. The lowest BCUT2D eigenvalue weighted by molar-refractivity contribution is 0.212. The maximum atomic E-state index is 9.05. The first-order valence-corrected chi connectivity index (χ1v) is 8.20. The standard InChI is InChI=1S/C16H20BrN3/c17-14-3-1-4-15(9-14)19-7-2-5-16(12-19)20-8-6-13(10-18)11-20/h1,3-4,9,13,16H,2,5-8,11-12H2. The molecule has 2 heterocycles. The van der Waals surface area contributed by atoms with Crippen LogP contribution in [0.3, 0.4) is 0 Å². The Balaban J connectivity index is 1.67. The summed E-state index contributed by atoms with van der Waals surface area (Å²) in [5, 5.41) is 9.05. The molecule has 1 aromatic carbocycles. The number of benzene rings is 1. The van der Waals surface area contributed by atoms with Crippen LogP contribution in [0.4, 0.5) is 5.69 Å².